The summed E-state index contributed by atoms with van der Waals surface area (Å²) in [7, 11) is 0. The van der Waals surface area contributed by atoms with Gasteiger partial charge in [0.2, 0.25) is 11.8 Å². The van der Waals surface area contributed by atoms with E-state index in [1.165, 1.54) is 0 Å². The van der Waals surface area contributed by atoms with Gasteiger partial charge in [0.05, 0.1) is 0 Å². The zero-order valence-electron chi connectivity index (χ0n) is 16.0. The van der Waals surface area contributed by atoms with E-state index in [0.717, 1.165) is 16.5 Å². The second-order valence-electron chi connectivity index (χ2n) is 7.86. The van der Waals surface area contributed by atoms with Crippen molar-refractivity contribution in [3.8, 4) is 0 Å². The first-order valence-corrected chi connectivity index (χ1v) is 10.1. The van der Waals surface area contributed by atoms with E-state index >= 15 is 0 Å². The van der Waals surface area contributed by atoms with E-state index in [0.29, 0.717) is 24.8 Å². The molecule has 5 heteroatoms. The average Bonchev–Trinajstić information content (AvgIpc) is 2.55. The summed E-state index contributed by atoms with van der Waals surface area (Å²) in [5, 5.41) is 3.11. The summed E-state index contributed by atoms with van der Waals surface area (Å²) >= 11 is 3.41. The molecule has 142 valence electrons. The number of rotatable bonds is 6. The van der Waals surface area contributed by atoms with Crippen LogP contribution >= 0.6 is 15.9 Å². The van der Waals surface area contributed by atoms with E-state index in [1.54, 1.807) is 11.0 Å². The fraction of sp³-hybridized carbons (Fsp3) is 0.524. The van der Waals surface area contributed by atoms with Crippen molar-refractivity contribution >= 4 is 33.8 Å². The van der Waals surface area contributed by atoms with Crippen LogP contribution in [0.15, 0.2) is 34.8 Å². The number of benzene rings is 1. The maximum atomic E-state index is 12.9. The number of piperazine rings is 1. The third kappa shape index (κ3) is 5.97. The number of amides is 2. The molecule has 4 nitrogen and oxygen atoms in total. The normalized spacial score (nSPS) is 20.9. The molecule has 1 fully saturated rings. The zero-order valence-corrected chi connectivity index (χ0v) is 17.6. The van der Waals surface area contributed by atoms with Crippen molar-refractivity contribution < 1.29 is 9.59 Å². The molecule has 1 aromatic rings. The molecule has 1 saturated heterocycles. The van der Waals surface area contributed by atoms with Crippen molar-refractivity contribution in [3.05, 3.63) is 40.4 Å². The van der Waals surface area contributed by atoms with Crippen molar-refractivity contribution in [2.75, 3.05) is 6.54 Å². The van der Waals surface area contributed by atoms with Gasteiger partial charge in [-0.05, 0) is 48.4 Å². The molecule has 1 aromatic carbocycles. The predicted molar refractivity (Wildman–Crippen MR) is 110 cm³/mol. The van der Waals surface area contributed by atoms with Crippen LogP contribution in [0.3, 0.4) is 0 Å². The van der Waals surface area contributed by atoms with Crippen LogP contribution in [0.2, 0.25) is 0 Å². The van der Waals surface area contributed by atoms with E-state index in [-0.39, 0.29) is 23.9 Å². The van der Waals surface area contributed by atoms with Gasteiger partial charge in [-0.1, -0.05) is 55.8 Å². The van der Waals surface area contributed by atoms with Gasteiger partial charge in [0.25, 0.3) is 0 Å². The molecule has 1 aliphatic heterocycles. The monoisotopic (exact) mass is 420 g/mol. The minimum atomic E-state index is -0.388. The third-order valence-electron chi connectivity index (χ3n) is 4.46. The molecule has 1 N–H and O–H groups in total. The Bertz CT molecular complexity index is 652. The van der Waals surface area contributed by atoms with Gasteiger partial charge in [0, 0.05) is 23.1 Å². The van der Waals surface area contributed by atoms with Crippen molar-refractivity contribution in [1.82, 2.24) is 10.2 Å². The molecular formula is C21H29BrN2O2. The summed E-state index contributed by atoms with van der Waals surface area (Å²) in [5.41, 5.74) is 0.960. The molecule has 2 rings (SSSR count). The fourth-order valence-electron chi connectivity index (χ4n) is 3.31. The third-order valence-corrected chi connectivity index (χ3v) is 4.99. The lowest BCUT2D eigenvalue weighted by Gasteiger charge is -2.40. The molecule has 0 unspecified atom stereocenters. The van der Waals surface area contributed by atoms with Crippen LogP contribution in [0.1, 0.15) is 46.1 Å². The van der Waals surface area contributed by atoms with Gasteiger partial charge in [-0.15, -0.1) is 0 Å². The van der Waals surface area contributed by atoms with Crippen molar-refractivity contribution in [2.45, 2.75) is 52.6 Å². The van der Waals surface area contributed by atoms with Crippen molar-refractivity contribution in [2.24, 2.45) is 11.8 Å². The minimum Gasteiger partial charge on any atom is -0.350 e. The molecule has 2 amide bonds. The highest BCUT2D eigenvalue weighted by Gasteiger charge is 2.36. The first kappa shape index (κ1) is 20.7. The summed E-state index contributed by atoms with van der Waals surface area (Å²) < 4.78 is 1.00. The Hall–Kier alpha value is -1.62. The van der Waals surface area contributed by atoms with Gasteiger partial charge >= 0.3 is 0 Å². The van der Waals surface area contributed by atoms with Crippen LogP contribution in [-0.4, -0.2) is 35.3 Å². The smallest absolute Gasteiger partial charge is 0.247 e. The van der Waals surface area contributed by atoms with Gasteiger partial charge < -0.3 is 10.2 Å². The molecule has 1 heterocycles. The lowest BCUT2D eigenvalue weighted by atomic mass is 9.95. The number of nitrogens with zero attached hydrogens (tertiary/aromatic N) is 1. The molecule has 26 heavy (non-hydrogen) atoms. The van der Waals surface area contributed by atoms with Crippen LogP contribution in [-0.2, 0) is 9.59 Å². The molecule has 0 spiro atoms. The Balaban J connectivity index is 2.16. The number of nitrogens with one attached hydrogen (secondary N) is 1. The summed E-state index contributed by atoms with van der Waals surface area (Å²) in [4.78, 5) is 27.2. The second-order valence-corrected chi connectivity index (χ2v) is 8.77. The van der Waals surface area contributed by atoms with Crippen LogP contribution < -0.4 is 5.32 Å². The van der Waals surface area contributed by atoms with Crippen LogP contribution in [0.5, 0.6) is 0 Å². The molecule has 0 radical (unpaired) electrons. The van der Waals surface area contributed by atoms with Crippen LogP contribution in [0, 0.1) is 11.8 Å². The summed E-state index contributed by atoms with van der Waals surface area (Å²) in [6.07, 6.45) is 4.95. The second kappa shape index (κ2) is 9.36. The van der Waals surface area contributed by atoms with E-state index in [1.807, 2.05) is 30.3 Å². The van der Waals surface area contributed by atoms with E-state index < -0.39 is 0 Å². The number of hydrogen-bond donors (Lipinski definition) is 1. The standard InChI is InChI=1S/C21H29BrN2O2/c1-14(2)11-18-13-24(19(12-15(3)4)21(26)23-18)20(25)10-7-16-5-8-17(22)9-6-16/h5-10,14-15,18-19H,11-13H2,1-4H3,(H,23,26)/b10-7+/t18-,19-/m0/s1. The van der Waals surface area contributed by atoms with Crippen molar-refractivity contribution in [3.63, 3.8) is 0 Å². The number of carbonyl (C=O) groups is 2. The molecule has 0 aromatic heterocycles. The molecule has 1 aliphatic rings. The van der Waals surface area contributed by atoms with Gasteiger partial charge in [-0.2, -0.15) is 0 Å². The molecule has 0 bridgehead atoms. The summed E-state index contributed by atoms with van der Waals surface area (Å²) in [6, 6.07) is 7.42. The number of hydrogen-bond acceptors (Lipinski definition) is 2. The number of carbonyl (C=O) groups excluding carboxylic acids is 2. The van der Waals surface area contributed by atoms with Crippen LogP contribution in [0.25, 0.3) is 6.08 Å². The van der Waals surface area contributed by atoms with E-state index in [4.69, 9.17) is 0 Å². The van der Waals surface area contributed by atoms with Gasteiger partial charge in [0.1, 0.15) is 6.04 Å². The molecule has 0 aliphatic carbocycles. The fourth-order valence-corrected chi connectivity index (χ4v) is 3.58. The highest BCUT2D eigenvalue weighted by molar-refractivity contribution is 9.10. The lowest BCUT2D eigenvalue weighted by molar-refractivity contribution is -0.142. The highest BCUT2D eigenvalue weighted by atomic mass is 79.9. The SMILES string of the molecule is CC(C)C[C@H]1CN(C(=O)/C=C/c2ccc(Br)cc2)[C@@H](CC(C)C)C(=O)N1. The molecular weight excluding hydrogens is 392 g/mol. The largest absolute Gasteiger partial charge is 0.350 e. The number of halogens is 1. The summed E-state index contributed by atoms with van der Waals surface area (Å²) in [6.45, 7) is 8.99. The van der Waals surface area contributed by atoms with Gasteiger partial charge in [-0.3, -0.25) is 9.59 Å². The Morgan fingerprint density at radius 2 is 1.81 bits per heavy atom. The first-order valence-electron chi connectivity index (χ1n) is 9.31. The maximum absolute atomic E-state index is 12.9. The summed E-state index contributed by atoms with van der Waals surface area (Å²) in [5.74, 6) is 0.693. The maximum Gasteiger partial charge on any atom is 0.247 e. The van der Waals surface area contributed by atoms with Crippen molar-refractivity contribution in [1.29, 1.82) is 0 Å². The molecule has 0 saturated carbocycles. The Morgan fingerprint density at radius 3 is 2.38 bits per heavy atom. The lowest BCUT2D eigenvalue weighted by Crippen LogP contribution is -2.61. The first-order chi connectivity index (χ1) is 12.3. The van der Waals surface area contributed by atoms with Gasteiger partial charge in [-0.25, -0.2) is 0 Å². The Kier molecular flexibility index (Phi) is 7.44. The average molecular weight is 421 g/mol. The Morgan fingerprint density at radius 1 is 1.19 bits per heavy atom. The highest BCUT2D eigenvalue weighted by Crippen LogP contribution is 2.20. The van der Waals surface area contributed by atoms with E-state index in [9.17, 15) is 9.59 Å². The topological polar surface area (TPSA) is 49.4 Å². The quantitative estimate of drug-likeness (QED) is 0.699. The van der Waals surface area contributed by atoms with Crippen LogP contribution in [0.4, 0.5) is 0 Å². The Labute approximate surface area is 165 Å². The minimum absolute atomic E-state index is 0.0240. The van der Waals surface area contributed by atoms with Gasteiger partial charge in [0.15, 0.2) is 0 Å². The predicted octanol–water partition coefficient (Wildman–Crippen LogP) is 4.25. The van der Waals surface area contributed by atoms with E-state index in [2.05, 4.69) is 48.9 Å². The molecule has 2 atom stereocenters. The zero-order chi connectivity index (χ0) is 19.3.